The van der Waals surface area contributed by atoms with Gasteiger partial charge in [0.05, 0.1) is 54.9 Å². The minimum Gasteiger partial charge on any atom is -0.496 e. The Hall–Kier alpha value is -4.29. The van der Waals surface area contributed by atoms with E-state index in [9.17, 15) is 0 Å². The Labute approximate surface area is 262 Å². The number of ether oxygens (including phenoxy) is 3. The number of anilines is 4. The van der Waals surface area contributed by atoms with E-state index in [0.717, 1.165) is 98.3 Å². The summed E-state index contributed by atoms with van der Waals surface area (Å²) in [6, 6.07) is 6.12. The Morgan fingerprint density at radius 2 is 2.02 bits per heavy atom. The van der Waals surface area contributed by atoms with E-state index >= 15 is 0 Å². The first-order chi connectivity index (χ1) is 21.9. The second-order valence-corrected chi connectivity index (χ2v) is 12.9. The lowest BCUT2D eigenvalue weighted by Gasteiger charge is -2.38. The number of piperidine rings is 1. The highest BCUT2D eigenvalue weighted by Crippen LogP contribution is 2.42. The number of nitrogens with one attached hydrogen (secondary N) is 2. The third kappa shape index (κ3) is 4.78. The summed E-state index contributed by atoms with van der Waals surface area (Å²) in [6.07, 6.45) is 9.43. The quantitative estimate of drug-likeness (QED) is 0.290. The highest BCUT2D eigenvalue weighted by molar-refractivity contribution is 5.94. The maximum Gasteiger partial charge on any atom is 0.206 e. The van der Waals surface area contributed by atoms with E-state index in [2.05, 4.69) is 37.8 Å². The molecular formula is C33H39N9O3. The Bertz CT molecular complexity index is 1770. The number of aromatic nitrogens is 5. The van der Waals surface area contributed by atoms with Crippen LogP contribution in [0.3, 0.4) is 0 Å². The van der Waals surface area contributed by atoms with Crippen LogP contribution in [0.1, 0.15) is 36.9 Å². The third-order valence-corrected chi connectivity index (χ3v) is 10.2. The molecule has 4 saturated heterocycles. The number of morpholine rings is 1. The van der Waals surface area contributed by atoms with Crippen molar-refractivity contribution in [2.75, 3.05) is 61.7 Å². The zero-order chi connectivity index (χ0) is 30.7. The van der Waals surface area contributed by atoms with Crippen LogP contribution in [0.2, 0.25) is 0 Å². The van der Waals surface area contributed by atoms with Gasteiger partial charge in [0.15, 0.2) is 5.82 Å². The topological polar surface area (TPSA) is 127 Å². The van der Waals surface area contributed by atoms with Gasteiger partial charge in [-0.05, 0) is 50.2 Å². The van der Waals surface area contributed by atoms with Crippen molar-refractivity contribution < 1.29 is 14.2 Å². The number of fused-ring (bicyclic) bond motifs is 3. The fourth-order valence-electron chi connectivity index (χ4n) is 7.58. The average Bonchev–Trinajstić information content (AvgIpc) is 3.87. The zero-order valence-electron chi connectivity index (χ0n) is 26.0. The molecule has 8 rings (SSSR count). The first-order valence-electron chi connectivity index (χ1n) is 15.8. The van der Waals surface area contributed by atoms with Crippen molar-refractivity contribution in [3.8, 4) is 17.0 Å². The summed E-state index contributed by atoms with van der Waals surface area (Å²) in [5.41, 5.74) is 5.91. The average molecular weight is 610 g/mol. The molecule has 1 spiro atoms. The molecule has 2 N–H and O–H groups in total. The van der Waals surface area contributed by atoms with Crippen LogP contribution in [0.4, 0.5) is 23.3 Å². The summed E-state index contributed by atoms with van der Waals surface area (Å²) in [4.78, 5) is 24.4. The normalized spacial score (nSPS) is 22.1. The Balaban J connectivity index is 1.20. The van der Waals surface area contributed by atoms with Gasteiger partial charge in [0, 0.05) is 69.2 Å². The van der Waals surface area contributed by atoms with Gasteiger partial charge in [-0.15, -0.1) is 0 Å². The lowest BCUT2D eigenvalue weighted by molar-refractivity contribution is 0.0990. The van der Waals surface area contributed by atoms with E-state index in [1.807, 2.05) is 19.1 Å². The predicted octanol–water partition coefficient (Wildman–Crippen LogP) is 4.47. The molecule has 45 heavy (non-hydrogen) atoms. The summed E-state index contributed by atoms with van der Waals surface area (Å²) < 4.78 is 19.5. The number of methoxy groups -OCH3 is 1. The van der Waals surface area contributed by atoms with E-state index < -0.39 is 0 Å². The van der Waals surface area contributed by atoms with Crippen molar-refractivity contribution in [3.63, 3.8) is 0 Å². The molecule has 0 aliphatic carbocycles. The van der Waals surface area contributed by atoms with E-state index in [4.69, 9.17) is 34.6 Å². The smallest absolute Gasteiger partial charge is 0.206 e. The summed E-state index contributed by atoms with van der Waals surface area (Å²) >= 11 is 0. The van der Waals surface area contributed by atoms with Gasteiger partial charge < -0.3 is 39.3 Å². The highest BCUT2D eigenvalue weighted by atomic mass is 16.5. The summed E-state index contributed by atoms with van der Waals surface area (Å²) in [5, 5.41) is 11.8. The van der Waals surface area contributed by atoms with Gasteiger partial charge in [-0.3, -0.25) is 9.97 Å². The second kappa shape index (κ2) is 11.0. The Morgan fingerprint density at radius 3 is 2.73 bits per heavy atom. The molecule has 4 aromatic heterocycles. The van der Waals surface area contributed by atoms with Crippen molar-refractivity contribution in [2.24, 2.45) is 12.5 Å². The van der Waals surface area contributed by atoms with Crippen molar-refractivity contribution in [1.82, 2.24) is 24.5 Å². The largest absolute Gasteiger partial charge is 0.496 e. The van der Waals surface area contributed by atoms with Crippen LogP contribution in [0, 0.1) is 17.7 Å². The summed E-state index contributed by atoms with van der Waals surface area (Å²) in [7, 11) is 3.74. The zero-order valence-corrected chi connectivity index (χ0v) is 26.0. The van der Waals surface area contributed by atoms with Gasteiger partial charge >= 0.3 is 0 Å². The van der Waals surface area contributed by atoms with Gasteiger partial charge in [-0.1, -0.05) is 0 Å². The van der Waals surface area contributed by atoms with Crippen molar-refractivity contribution in [3.05, 3.63) is 41.9 Å². The number of hydrogen-bond donors (Lipinski definition) is 2. The molecule has 4 fully saturated rings. The molecule has 12 heteroatoms. The molecular weight excluding hydrogens is 570 g/mol. The first-order valence-corrected chi connectivity index (χ1v) is 15.8. The van der Waals surface area contributed by atoms with Crippen LogP contribution in [-0.4, -0.2) is 89.4 Å². The molecule has 4 aromatic rings. The monoisotopic (exact) mass is 609 g/mol. The van der Waals surface area contributed by atoms with E-state index in [0.29, 0.717) is 34.8 Å². The standard InChI is InChI=1S/C33H39N9O3/c1-20-23(15-34)25(13-26(36-20)24-16-35-8-4-28(24)43-3)37-29-14-27-30(31(38-29)42-17-22-12-21(42)18-45-22)39-32(40(27)2)41-9-5-33(6-10-41)7-11-44-19-33/h4,8,13-16,21-22,34H,5-7,9-12,17-19H2,1-3H3,(H,36,37,38)/t21-,22-/m1/s1. The maximum absolute atomic E-state index is 8.21. The van der Waals surface area contributed by atoms with Crippen molar-refractivity contribution in [1.29, 1.82) is 5.41 Å². The first kappa shape index (κ1) is 28.2. The molecule has 2 bridgehead atoms. The second-order valence-electron chi connectivity index (χ2n) is 12.9. The number of hydrogen-bond acceptors (Lipinski definition) is 11. The summed E-state index contributed by atoms with van der Waals surface area (Å²) in [6.45, 7) is 7.13. The molecule has 8 heterocycles. The van der Waals surface area contributed by atoms with E-state index in [1.165, 1.54) is 6.21 Å². The molecule has 0 unspecified atom stereocenters. The molecule has 12 nitrogen and oxygen atoms in total. The number of nitrogens with zero attached hydrogens (tertiary/aromatic N) is 7. The molecule has 4 aliphatic heterocycles. The van der Waals surface area contributed by atoms with Gasteiger partial charge in [0.2, 0.25) is 5.95 Å². The molecule has 234 valence electrons. The predicted molar refractivity (Wildman–Crippen MR) is 173 cm³/mol. The third-order valence-electron chi connectivity index (χ3n) is 10.2. The molecule has 0 aromatic carbocycles. The van der Waals surface area contributed by atoms with Crippen molar-refractivity contribution >= 4 is 40.5 Å². The van der Waals surface area contributed by atoms with E-state index in [-0.39, 0.29) is 12.1 Å². The lowest BCUT2D eigenvalue weighted by Crippen LogP contribution is -2.41. The van der Waals surface area contributed by atoms with E-state index in [1.54, 1.807) is 19.5 Å². The minimum absolute atomic E-state index is 0.225. The molecule has 0 radical (unpaired) electrons. The van der Waals surface area contributed by atoms with Crippen LogP contribution in [0.15, 0.2) is 30.6 Å². The van der Waals surface area contributed by atoms with Gasteiger partial charge in [-0.2, -0.15) is 0 Å². The van der Waals surface area contributed by atoms with Crippen LogP contribution in [-0.2, 0) is 16.5 Å². The number of imidazole rings is 1. The molecule has 0 amide bonds. The maximum atomic E-state index is 8.21. The van der Waals surface area contributed by atoms with Crippen LogP contribution in [0.25, 0.3) is 22.3 Å². The molecule has 0 saturated carbocycles. The number of pyridine rings is 3. The minimum atomic E-state index is 0.225. The van der Waals surface area contributed by atoms with Crippen LogP contribution >= 0.6 is 0 Å². The van der Waals surface area contributed by atoms with Gasteiger partial charge in [-0.25, -0.2) is 9.97 Å². The van der Waals surface area contributed by atoms with Crippen LogP contribution < -0.4 is 19.9 Å². The lowest BCUT2D eigenvalue weighted by atomic mass is 9.78. The van der Waals surface area contributed by atoms with Gasteiger partial charge in [0.25, 0.3) is 0 Å². The highest BCUT2D eigenvalue weighted by Gasteiger charge is 2.42. The van der Waals surface area contributed by atoms with Crippen LogP contribution in [0.5, 0.6) is 5.75 Å². The fourth-order valence-corrected chi connectivity index (χ4v) is 7.58. The Kier molecular flexibility index (Phi) is 6.86. The molecule has 2 atom stereocenters. The SMILES string of the molecule is COc1ccncc1-c1cc(Nc2cc3c(nc(N4CCC5(CCOC5)CC4)n3C)c(N3C[C@H]4C[C@@H]3CO4)n2)c(C=N)c(C)n1. The number of aryl methyl sites for hydroxylation is 2. The van der Waals surface area contributed by atoms with Gasteiger partial charge in [0.1, 0.15) is 17.1 Å². The molecule has 4 aliphatic rings. The van der Waals surface area contributed by atoms with Crippen molar-refractivity contribution in [2.45, 2.75) is 44.8 Å². The Morgan fingerprint density at radius 1 is 1.16 bits per heavy atom. The fraction of sp³-hybridized carbons (Fsp3) is 0.485. The summed E-state index contributed by atoms with van der Waals surface area (Å²) in [5.74, 6) is 3.23. The number of rotatable bonds is 7.